The van der Waals surface area contributed by atoms with Crippen LogP contribution >= 0.6 is 11.3 Å². The fraction of sp³-hybridized carbons (Fsp3) is 0.579. The Balaban J connectivity index is 1.63. The number of hydrogen-bond acceptors (Lipinski definition) is 4. The zero-order valence-electron chi connectivity index (χ0n) is 14.2. The summed E-state index contributed by atoms with van der Waals surface area (Å²) in [7, 11) is 0. The van der Waals surface area contributed by atoms with Crippen molar-refractivity contribution in [1.29, 1.82) is 0 Å². The number of amides is 1. The summed E-state index contributed by atoms with van der Waals surface area (Å²) in [5.74, 6) is -0.0272. The molecular formula is C19H23FN2O2S. The Bertz CT molecular complexity index is 751. The van der Waals surface area contributed by atoms with Gasteiger partial charge in [-0.3, -0.25) is 9.69 Å². The number of halogens is 1. The molecule has 4 rings (SSSR count). The highest BCUT2D eigenvalue weighted by Crippen LogP contribution is 2.33. The molecular weight excluding hydrogens is 339 g/mol. The number of thiazole rings is 1. The van der Waals surface area contributed by atoms with Crippen molar-refractivity contribution in [1.82, 2.24) is 4.98 Å². The van der Waals surface area contributed by atoms with Gasteiger partial charge in [-0.25, -0.2) is 9.37 Å². The molecule has 0 spiro atoms. The molecule has 2 heterocycles. The Morgan fingerprint density at radius 3 is 2.84 bits per heavy atom. The number of benzene rings is 1. The van der Waals surface area contributed by atoms with Gasteiger partial charge in [-0.15, -0.1) is 0 Å². The first kappa shape index (κ1) is 16.9. The van der Waals surface area contributed by atoms with Gasteiger partial charge in [0.2, 0.25) is 5.91 Å². The highest BCUT2D eigenvalue weighted by atomic mass is 32.1. The molecule has 1 amide bonds. The molecule has 1 atom stereocenters. The molecule has 134 valence electrons. The summed E-state index contributed by atoms with van der Waals surface area (Å²) >= 11 is 1.39. The molecule has 1 aromatic heterocycles. The van der Waals surface area contributed by atoms with Crippen LogP contribution in [0.25, 0.3) is 10.2 Å². The lowest BCUT2D eigenvalue weighted by Gasteiger charge is -2.29. The number of rotatable bonds is 4. The van der Waals surface area contributed by atoms with Crippen molar-refractivity contribution >= 4 is 32.6 Å². The van der Waals surface area contributed by atoms with Crippen LogP contribution in [0, 0.1) is 11.7 Å². The zero-order chi connectivity index (χ0) is 17.2. The summed E-state index contributed by atoms with van der Waals surface area (Å²) in [5, 5.41) is 0.673. The maximum atomic E-state index is 13.5. The van der Waals surface area contributed by atoms with E-state index < -0.39 is 0 Å². The molecule has 1 aliphatic heterocycles. The molecule has 0 N–H and O–H groups in total. The van der Waals surface area contributed by atoms with Crippen molar-refractivity contribution < 1.29 is 13.9 Å². The molecule has 2 fully saturated rings. The van der Waals surface area contributed by atoms with E-state index in [0.717, 1.165) is 55.3 Å². The number of carbonyl (C=O) groups excluding carboxylic acids is 1. The van der Waals surface area contributed by atoms with Gasteiger partial charge in [0.05, 0.1) is 22.9 Å². The van der Waals surface area contributed by atoms with E-state index in [1.807, 2.05) is 4.90 Å². The van der Waals surface area contributed by atoms with E-state index in [-0.39, 0.29) is 23.7 Å². The lowest BCUT2D eigenvalue weighted by atomic mass is 9.88. The van der Waals surface area contributed by atoms with Crippen LogP contribution in [0.15, 0.2) is 18.2 Å². The highest BCUT2D eigenvalue weighted by Gasteiger charge is 2.31. The van der Waals surface area contributed by atoms with Crippen LogP contribution in [0.5, 0.6) is 0 Å². The average Bonchev–Trinajstić information content (AvgIpc) is 3.28. The second-order valence-electron chi connectivity index (χ2n) is 7.03. The molecule has 1 saturated carbocycles. The Labute approximate surface area is 151 Å². The summed E-state index contributed by atoms with van der Waals surface area (Å²) in [6.45, 7) is 1.32. The maximum absolute atomic E-state index is 13.5. The minimum Gasteiger partial charge on any atom is -0.376 e. The average molecular weight is 362 g/mol. The number of anilines is 1. The van der Waals surface area contributed by atoms with Gasteiger partial charge >= 0.3 is 0 Å². The van der Waals surface area contributed by atoms with E-state index in [9.17, 15) is 9.18 Å². The van der Waals surface area contributed by atoms with Crippen molar-refractivity contribution in [2.75, 3.05) is 18.1 Å². The minimum absolute atomic E-state index is 0.0799. The van der Waals surface area contributed by atoms with E-state index in [1.54, 1.807) is 6.07 Å². The van der Waals surface area contributed by atoms with E-state index in [2.05, 4.69) is 4.98 Å². The van der Waals surface area contributed by atoms with E-state index in [1.165, 1.54) is 29.9 Å². The normalized spacial score (nSPS) is 21.7. The molecule has 0 radical (unpaired) electrons. The third kappa shape index (κ3) is 3.70. The van der Waals surface area contributed by atoms with Gasteiger partial charge in [0.15, 0.2) is 5.13 Å². The summed E-state index contributed by atoms with van der Waals surface area (Å²) in [5.41, 5.74) is 0.746. The van der Waals surface area contributed by atoms with E-state index >= 15 is 0 Å². The molecule has 2 aliphatic rings. The topological polar surface area (TPSA) is 42.4 Å². The maximum Gasteiger partial charge on any atom is 0.231 e. The molecule has 2 aromatic rings. The second-order valence-corrected chi connectivity index (χ2v) is 8.04. The van der Waals surface area contributed by atoms with Crippen molar-refractivity contribution in [2.45, 2.75) is 51.0 Å². The van der Waals surface area contributed by atoms with Gasteiger partial charge in [-0.05, 0) is 43.9 Å². The van der Waals surface area contributed by atoms with Crippen molar-refractivity contribution in [3.05, 3.63) is 24.0 Å². The Morgan fingerprint density at radius 2 is 2.08 bits per heavy atom. The molecule has 25 heavy (non-hydrogen) atoms. The van der Waals surface area contributed by atoms with E-state index in [4.69, 9.17) is 4.74 Å². The van der Waals surface area contributed by atoms with Crippen LogP contribution in [-0.4, -0.2) is 30.1 Å². The molecule has 6 heteroatoms. The summed E-state index contributed by atoms with van der Waals surface area (Å²) in [6.07, 6.45) is 7.48. The second kappa shape index (κ2) is 7.38. The third-order valence-electron chi connectivity index (χ3n) is 5.20. The number of aromatic nitrogens is 1. The van der Waals surface area contributed by atoms with Crippen LogP contribution in [0.1, 0.15) is 44.9 Å². The fourth-order valence-electron chi connectivity index (χ4n) is 3.83. The first-order valence-electron chi connectivity index (χ1n) is 9.20. The highest BCUT2D eigenvalue weighted by molar-refractivity contribution is 7.22. The van der Waals surface area contributed by atoms with Crippen LogP contribution < -0.4 is 4.90 Å². The third-order valence-corrected chi connectivity index (χ3v) is 6.24. The Hall–Kier alpha value is -1.53. The van der Waals surface area contributed by atoms with Gasteiger partial charge in [0.1, 0.15) is 5.82 Å². The number of hydrogen-bond donors (Lipinski definition) is 0. The zero-order valence-corrected chi connectivity index (χ0v) is 15.1. The lowest BCUT2D eigenvalue weighted by molar-refractivity contribution is -0.123. The predicted octanol–water partition coefficient (Wildman–Crippen LogP) is 4.53. The van der Waals surface area contributed by atoms with Crippen molar-refractivity contribution in [3.8, 4) is 0 Å². The fourth-order valence-corrected chi connectivity index (χ4v) is 4.83. The lowest BCUT2D eigenvalue weighted by Crippen LogP contribution is -2.41. The monoisotopic (exact) mass is 362 g/mol. The van der Waals surface area contributed by atoms with Crippen LogP contribution in [-0.2, 0) is 9.53 Å². The van der Waals surface area contributed by atoms with Crippen molar-refractivity contribution in [3.63, 3.8) is 0 Å². The molecule has 0 bridgehead atoms. The standard InChI is InChI=1S/C19H23FN2O2S/c20-14-8-9-16-17(11-14)25-19(21-16)22(12-15-7-4-10-24-15)18(23)13-5-2-1-3-6-13/h8-9,11,13,15H,1-7,10,12H2. The Morgan fingerprint density at radius 1 is 1.24 bits per heavy atom. The molecule has 1 unspecified atom stereocenters. The van der Waals surface area contributed by atoms with Gasteiger partial charge < -0.3 is 4.74 Å². The molecule has 1 saturated heterocycles. The van der Waals surface area contributed by atoms with Crippen LogP contribution in [0.3, 0.4) is 0 Å². The number of nitrogens with zero attached hydrogens (tertiary/aromatic N) is 2. The molecule has 4 nitrogen and oxygen atoms in total. The first-order chi connectivity index (χ1) is 12.2. The molecule has 1 aromatic carbocycles. The summed E-state index contributed by atoms with van der Waals surface area (Å²) in [6, 6.07) is 4.59. The van der Waals surface area contributed by atoms with Crippen LogP contribution in [0.2, 0.25) is 0 Å². The SMILES string of the molecule is O=C(C1CCCCC1)N(CC1CCCO1)c1nc2ccc(F)cc2s1. The summed E-state index contributed by atoms with van der Waals surface area (Å²) in [4.78, 5) is 19.6. The number of fused-ring (bicyclic) bond motifs is 1. The minimum atomic E-state index is -0.271. The predicted molar refractivity (Wildman–Crippen MR) is 97.5 cm³/mol. The number of ether oxygens (including phenoxy) is 1. The van der Waals surface area contributed by atoms with Crippen LogP contribution in [0.4, 0.5) is 9.52 Å². The summed E-state index contributed by atoms with van der Waals surface area (Å²) < 4.78 is 20.0. The van der Waals surface area contributed by atoms with Gasteiger partial charge in [0, 0.05) is 12.5 Å². The van der Waals surface area contributed by atoms with E-state index in [0.29, 0.717) is 11.7 Å². The number of carbonyl (C=O) groups is 1. The van der Waals surface area contributed by atoms with Gasteiger partial charge in [-0.1, -0.05) is 30.6 Å². The molecule has 1 aliphatic carbocycles. The van der Waals surface area contributed by atoms with Gasteiger partial charge in [0.25, 0.3) is 0 Å². The van der Waals surface area contributed by atoms with Gasteiger partial charge in [-0.2, -0.15) is 0 Å². The quantitative estimate of drug-likeness (QED) is 0.803. The Kier molecular flexibility index (Phi) is 4.99. The smallest absolute Gasteiger partial charge is 0.231 e. The largest absolute Gasteiger partial charge is 0.376 e. The first-order valence-corrected chi connectivity index (χ1v) is 10.0. The van der Waals surface area contributed by atoms with Crippen molar-refractivity contribution in [2.24, 2.45) is 5.92 Å².